The zero-order chi connectivity index (χ0) is 20.4. The molecule has 2 aliphatic rings. The zero-order valence-corrected chi connectivity index (χ0v) is 17.4. The maximum atomic E-state index is 12.9. The molecule has 0 saturated heterocycles. The molecule has 1 N–H and O–H groups in total. The first kappa shape index (κ1) is 20.3. The number of carbonyl (C=O) groups is 1. The van der Waals surface area contributed by atoms with E-state index in [-0.39, 0.29) is 24.2 Å². The molecule has 0 bridgehead atoms. The molecule has 0 spiro atoms. The lowest BCUT2D eigenvalue weighted by Gasteiger charge is -2.35. The first-order valence-corrected chi connectivity index (χ1v) is 10.9. The molecule has 2 fully saturated rings. The van der Waals surface area contributed by atoms with Crippen LogP contribution in [0.4, 0.5) is 4.39 Å². The number of carbonyl (C=O) groups excluding carboxylic acids is 1. The number of nitrogens with one attached hydrogen (secondary N) is 1. The Morgan fingerprint density at radius 3 is 2.79 bits per heavy atom. The van der Waals surface area contributed by atoms with E-state index in [9.17, 15) is 9.18 Å². The highest BCUT2D eigenvalue weighted by atomic mass is 32.1. The maximum Gasteiger partial charge on any atom is 0.276 e. The minimum Gasteiger partial charge on any atom is -0.477 e. The average Bonchev–Trinajstić information content (AvgIpc) is 2.99. The van der Waals surface area contributed by atoms with Gasteiger partial charge in [0.1, 0.15) is 17.8 Å². The number of halogens is 1. The predicted molar refractivity (Wildman–Crippen MR) is 107 cm³/mol. The van der Waals surface area contributed by atoms with Crippen molar-refractivity contribution in [3.8, 4) is 11.1 Å². The standard InChI is InChI=1S/C20H26FN3O4S/c1-11(22-12(2)25)9-26-15-5-13(6-15)10-27-18-4-3-17-19(24-18)29-20(23-17)28-16-7-14(21)8-16/h3-4,11,13-16H,5-10H2,1-2H3,(H,22,25)/t11-,13-,14-,15-,16-/m0/s1. The van der Waals surface area contributed by atoms with Crippen molar-refractivity contribution in [1.82, 2.24) is 15.3 Å². The van der Waals surface area contributed by atoms with Crippen LogP contribution in [0, 0.1) is 5.92 Å². The minimum absolute atomic E-state index is 0.0229. The van der Waals surface area contributed by atoms with Gasteiger partial charge >= 0.3 is 0 Å². The fraction of sp³-hybridized carbons (Fsp3) is 0.650. The van der Waals surface area contributed by atoms with Crippen LogP contribution in [-0.4, -0.2) is 53.5 Å². The van der Waals surface area contributed by atoms with Crippen molar-refractivity contribution in [2.24, 2.45) is 5.92 Å². The summed E-state index contributed by atoms with van der Waals surface area (Å²) in [5, 5.41) is 3.35. The van der Waals surface area contributed by atoms with Crippen molar-refractivity contribution in [2.45, 2.75) is 64.0 Å². The molecule has 1 amide bonds. The molecule has 9 heteroatoms. The van der Waals surface area contributed by atoms with Gasteiger partial charge < -0.3 is 19.5 Å². The van der Waals surface area contributed by atoms with E-state index in [1.54, 1.807) is 0 Å². The van der Waals surface area contributed by atoms with E-state index >= 15 is 0 Å². The van der Waals surface area contributed by atoms with Crippen LogP contribution in [0.5, 0.6) is 11.1 Å². The summed E-state index contributed by atoms with van der Waals surface area (Å²) in [4.78, 5) is 20.7. The number of amides is 1. The smallest absolute Gasteiger partial charge is 0.276 e. The zero-order valence-electron chi connectivity index (χ0n) is 16.6. The molecule has 2 aromatic rings. The van der Waals surface area contributed by atoms with E-state index in [2.05, 4.69) is 15.3 Å². The molecule has 2 heterocycles. The van der Waals surface area contributed by atoms with Crippen molar-refractivity contribution in [2.75, 3.05) is 13.2 Å². The second-order valence-corrected chi connectivity index (χ2v) is 8.91. The van der Waals surface area contributed by atoms with Crippen LogP contribution in [0.15, 0.2) is 12.1 Å². The van der Waals surface area contributed by atoms with Gasteiger partial charge in [-0.2, -0.15) is 0 Å². The molecule has 0 aromatic carbocycles. The molecule has 0 aliphatic heterocycles. The number of fused-ring (bicyclic) bond motifs is 1. The summed E-state index contributed by atoms with van der Waals surface area (Å²) in [6.45, 7) is 4.57. The third kappa shape index (κ3) is 5.33. The third-order valence-corrected chi connectivity index (χ3v) is 6.06. The maximum absolute atomic E-state index is 12.9. The molecule has 0 radical (unpaired) electrons. The van der Waals surface area contributed by atoms with Gasteiger partial charge in [-0.15, -0.1) is 0 Å². The number of pyridine rings is 1. The van der Waals surface area contributed by atoms with Crippen LogP contribution in [0.25, 0.3) is 10.3 Å². The molecule has 7 nitrogen and oxygen atoms in total. The molecule has 4 rings (SSSR count). The highest BCUT2D eigenvalue weighted by Crippen LogP contribution is 2.34. The molecule has 2 aliphatic carbocycles. The summed E-state index contributed by atoms with van der Waals surface area (Å²) in [5.41, 5.74) is 0.763. The van der Waals surface area contributed by atoms with Crippen molar-refractivity contribution in [1.29, 1.82) is 0 Å². The van der Waals surface area contributed by atoms with Crippen molar-refractivity contribution >= 4 is 27.6 Å². The summed E-state index contributed by atoms with van der Waals surface area (Å²) in [7, 11) is 0. The summed E-state index contributed by atoms with van der Waals surface area (Å²) in [6.07, 6.45) is 2.19. The lowest BCUT2D eigenvalue weighted by atomic mass is 9.83. The van der Waals surface area contributed by atoms with E-state index in [1.165, 1.54) is 18.3 Å². The topological polar surface area (TPSA) is 82.6 Å². The first-order chi connectivity index (χ1) is 13.9. The summed E-state index contributed by atoms with van der Waals surface area (Å²) < 4.78 is 30.3. The van der Waals surface area contributed by atoms with Crippen molar-refractivity contribution in [3.05, 3.63) is 12.1 Å². The Labute approximate surface area is 173 Å². The molecular weight excluding hydrogens is 397 g/mol. The van der Waals surface area contributed by atoms with Gasteiger partial charge in [0.2, 0.25) is 11.8 Å². The van der Waals surface area contributed by atoms with Crippen LogP contribution < -0.4 is 14.8 Å². The highest BCUT2D eigenvalue weighted by Gasteiger charge is 2.32. The Morgan fingerprint density at radius 2 is 2.07 bits per heavy atom. The summed E-state index contributed by atoms with van der Waals surface area (Å²) in [6, 6.07) is 3.71. The second-order valence-electron chi connectivity index (χ2n) is 7.97. The Hall–Kier alpha value is -2.00. The fourth-order valence-electron chi connectivity index (χ4n) is 3.47. The minimum atomic E-state index is -0.746. The second kappa shape index (κ2) is 8.79. The molecular formula is C20H26FN3O4S. The lowest BCUT2D eigenvalue weighted by Crippen LogP contribution is -2.40. The normalized spacial score (nSPS) is 27.0. The van der Waals surface area contributed by atoms with E-state index < -0.39 is 6.17 Å². The van der Waals surface area contributed by atoms with Gasteiger partial charge in [0.05, 0.1) is 19.3 Å². The fourth-order valence-corrected chi connectivity index (χ4v) is 4.32. The number of thiazole rings is 1. The number of alkyl halides is 1. The largest absolute Gasteiger partial charge is 0.477 e. The first-order valence-electron chi connectivity index (χ1n) is 10.0. The third-order valence-electron chi connectivity index (χ3n) is 5.21. The lowest BCUT2D eigenvalue weighted by molar-refractivity contribution is -0.120. The summed E-state index contributed by atoms with van der Waals surface area (Å²) in [5.74, 6) is 0.978. The van der Waals surface area contributed by atoms with Gasteiger partial charge in [-0.1, -0.05) is 11.3 Å². The van der Waals surface area contributed by atoms with Crippen molar-refractivity contribution < 1.29 is 23.4 Å². The Morgan fingerprint density at radius 1 is 1.28 bits per heavy atom. The van der Waals surface area contributed by atoms with E-state index in [0.29, 0.717) is 43.0 Å². The van der Waals surface area contributed by atoms with Crippen LogP contribution in [0.2, 0.25) is 0 Å². The number of ether oxygens (including phenoxy) is 3. The van der Waals surface area contributed by atoms with Crippen LogP contribution >= 0.6 is 11.3 Å². The SMILES string of the molecule is CC(=O)N[C@@H](C)CO[C@H]1C[C@H](COc2ccc3nc(O[C@H]4C[C@H](F)C4)sc3n2)C1. The highest BCUT2D eigenvalue weighted by molar-refractivity contribution is 7.19. The number of hydrogen-bond donors (Lipinski definition) is 1. The number of rotatable bonds is 9. The van der Waals surface area contributed by atoms with Gasteiger partial charge in [0.25, 0.3) is 5.19 Å². The molecule has 2 aromatic heterocycles. The van der Waals surface area contributed by atoms with Gasteiger partial charge in [0.15, 0.2) is 4.83 Å². The molecule has 29 heavy (non-hydrogen) atoms. The van der Waals surface area contributed by atoms with Crippen LogP contribution in [-0.2, 0) is 9.53 Å². The van der Waals surface area contributed by atoms with E-state index in [1.807, 2.05) is 19.1 Å². The predicted octanol–water partition coefficient (Wildman–Crippen LogP) is 3.27. The Kier molecular flexibility index (Phi) is 6.15. The van der Waals surface area contributed by atoms with Crippen LogP contribution in [0.3, 0.4) is 0 Å². The van der Waals surface area contributed by atoms with Gasteiger partial charge in [-0.25, -0.2) is 14.4 Å². The Balaban J connectivity index is 1.19. The monoisotopic (exact) mass is 423 g/mol. The average molecular weight is 424 g/mol. The molecule has 158 valence electrons. The van der Waals surface area contributed by atoms with E-state index in [4.69, 9.17) is 14.2 Å². The van der Waals surface area contributed by atoms with E-state index in [0.717, 1.165) is 23.2 Å². The van der Waals surface area contributed by atoms with Gasteiger partial charge in [-0.3, -0.25) is 4.79 Å². The number of hydrogen-bond acceptors (Lipinski definition) is 7. The Bertz CT molecular complexity index is 851. The van der Waals surface area contributed by atoms with Crippen molar-refractivity contribution in [3.63, 3.8) is 0 Å². The molecule has 1 atom stereocenters. The summed E-state index contributed by atoms with van der Waals surface area (Å²) >= 11 is 1.36. The van der Waals surface area contributed by atoms with Gasteiger partial charge in [0, 0.05) is 31.9 Å². The number of nitrogens with zero attached hydrogens (tertiary/aromatic N) is 2. The number of aromatic nitrogens is 2. The molecule has 0 unspecified atom stereocenters. The van der Waals surface area contributed by atoms with Gasteiger partial charge in [-0.05, 0) is 31.7 Å². The molecule has 2 saturated carbocycles. The quantitative estimate of drug-likeness (QED) is 0.667. The van der Waals surface area contributed by atoms with Crippen LogP contribution in [0.1, 0.15) is 39.5 Å².